The molecule has 1 saturated carbocycles. The van der Waals surface area contributed by atoms with Gasteiger partial charge in [-0.05, 0) is 55.2 Å². The minimum absolute atomic E-state index is 0.217. The van der Waals surface area contributed by atoms with Gasteiger partial charge in [-0.1, -0.05) is 31.2 Å². The third kappa shape index (κ3) is 2.90. The van der Waals surface area contributed by atoms with E-state index in [1.54, 1.807) is 6.33 Å². The van der Waals surface area contributed by atoms with E-state index in [-0.39, 0.29) is 6.10 Å². The van der Waals surface area contributed by atoms with Crippen LogP contribution in [-0.4, -0.2) is 25.7 Å². The predicted molar refractivity (Wildman–Crippen MR) is 107 cm³/mol. The summed E-state index contributed by atoms with van der Waals surface area (Å²) in [4.78, 5) is 9.12. The topological polar surface area (TPSA) is 63.0 Å². The number of hydrogen-bond donors (Lipinski definition) is 2. The molecular formula is C22H26N4O. The van der Waals surface area contributed by atoms with E-state index in [0.29, 0.717) is 18.0 Å². The highest BCUT2D eigenvalue weighted by molar-refractivity contribution is 5.87. The molecule has 4 atom stereocenters. The normalized spacial score (nSPS) is 27.6. The van der Waals surface area contributed by atoms with Crippen molar-refractivity contribution >= 4 is 16.9 Å². The molecule has 1 fully saturated rings. The number of rotatable bonds is 3. The largest absolute Gasteiger partial charge is 0.393 e. The van der Waals surface area contributed by atoms with E-state index in [9.17, 15) is 5.11 Å². The summed E-state index contributed by atoms with van der Waals surface area (Å²) in [5.74, 6) is 1.25. The molecule has 0 amide bonds. The second kappa shape index (κ2) is 6.64. The van der Waals surface area contributed by atoms with Gasteiger partial charge in [0.25, 0.3) is 0 Å². The molecule has 0 aliphatic heterocycles. The van der Waals surface area contributed by atoms with Gasteiger partial charge in [-0.25, -0.2) is 9.97 Å². The summed E-state index contributed by atoms with van der Waals surface area (Å²) in [5.41, 5.74) is 3.80. The monoisotopic (exact) mass is 362 g/mol. The average Bonchev–Trinajstić information content (AvgIpc) is 3.26. The highest BCUT2D eigenvalue weighted by atomic mass is 16.3. The number of fused-ring (bicyclic) bond motifs is 2. The molecule has 5 rings (SSSR count). The van der Waals surface area contributed by atoms with Gasteiger partial charge >= 0.3 is 0 Å². The van der Waals surface area contributed by atoms with E-state index in [0.717, 1.165) is 42.5 Å². The van der Waals surface area contributed by atoms with Crippen molar-refractivity contribution in [3.63, 3.8) is 0 Å². The first-order valence-electron chi connectivity index (χ1n) is 10.0. The van der Waals surface area contributed by atoms with Gasteiger partial charge in [-0.2, -0.15) is 0 Å². The van der Waals surface area contributed by atoms with Gasteiger partial charge in [-0.15, -0.1) is 0 Å². The average molecular weight is 362 g/mol. The quantitative estimate of drug-likeness (QED) is 0.731. The Morgan fingerprint density at radius 2 is 2.04 bits per heavy atom. The van der Waals surface area contributed by atoms with Crippen molar-refractivity contribution in [3.8, 4) is 0 Å². The molecule has 2 aromatic heterocycles. The summed E-state index contributed by atoms with van der Waals surface area (Å²) in [6.07, 6.45) is 8.82. The van der Waals surface area contributed by atoms with Crippen LogP contribution in [0.2, 0.25) is 0 Å². The Kier molecular flexibility index (Phi) is 4.12. The van der Waals surface area contributed by atoms with Gasteiger partial charge in [0.1, 0.15) is 17.8 Å². The zero-order valence-electron chi connectivity index (χ0n) is 15.7. The van der Waals surface area contributed by atoms with E-state index < -0.39 is 0 Å². The third-order valence-electron chi connectivity index (χ3n) is 6.40. The predicted octanol–water partition coefficient (Wildman–Crippen LogP) is 4.25. The van der Waals surface area contributed by atoms with Crippen LogP contribution in [0.5, 0.6) is 0 Å². The molecule has 140 valence electrons. The molecule has 2 N–H and O–H groups in total. The molecular weight excluding hydrogens is 336 g/mol. The lowest BCUT2D eigenvalue weighted by molar-refractivity contribution is 0.139. The number of anilines is 1. The molecule has 2 heterocycles. The number of aliphatic hydroxyl groups excluding tert-OH is 1. The van der Waals surface area contributed by atoms with Gasteiger partial charge in [0.05, 0.1) is 17.5 Å². The number of nitrogens with one attached hydrogen (secondary N) is 1. The van der Waals surface area contributed by atoms with Gasteiger partial charge in [0.15, 0.2) is 0 Å². The molecule has 5 nitrogen and oxygen atoms in total. The minimum atomic E-state index is -0.217. The second-order valence-corrected chi connectivity index (χ2v) is 8.14. The fraction of sp³-hybridized carbons (Fsp3) is 0.455. The van der Waals surface area contributed by atoms with Crippen molar-refractivity contribution in [2.24, 2.45) is 5.92 Å². The fourth-order valence-corrected chi connectivity index (χ4v) is 4.87. The van der Waals surface area contributed by atoms with Crippen LogP contribution in [0.4, 0.5) is 5.82 Å². The summed E-state index contributed by atoms with van der Waals surface area (Å²) >= 11 is 0. The van der Waals surface area contributed by atoms with Gasteiger partial charge in [0.2, 0.25) is 0 Å². The van der Waals surface area contributed by atoms with Crippen molar-refractivity contribution in [1.82, 2.24) is 14.5 Å². The van der Waals surface area contributed by atoms with Crippen LogP contribution in [0.15, 0.2) is 42.9 Å². The van der Waals surface area contributed by atoms with Crippen LogP contribution in [0.1, 0.15) is 55.8 Å². The molecule has 2 aliphatic carbocycles. The van der Waals surface area contributed by atoms with E-state index >= 15 is 0 Å². The summed E-state index contributed by atoms with van der Waals surface area (Å²) in [5, 5.41) is 14.9. The van der Waals surface area contributed by atoms with Crippen molar-refractivity contribution in [2.75, 3.05) is 5.32 Å². The highest BCUT2D eigenvalue weighted by Crippen LogP contribution is 2.38. The Morgan fingerprint density at radius 1 is 1.15 bits per heavy atom. The van der Waals surface area contributed by atoms with E-state index in [1.807, 2.05) is 0 Å². The van der Waals surface area contributed by atoms with Crippen LogP contribution in [0.3, 0.4) is 0 Å². The maximum absolute atomic E-state index is 10.1. The summed E-state index contributed by atoms with van der Waals surface area (Å²) in [7, 11) is 0. The Morgan fingerprint density at radius 3 is 2.89 bits per heavy atom. The number of nitrogens with zero attached hydrogens (tertiary/aromatic N) is 3. The van der Waals surface area contributed by atoms with Crippen molar-refractivity contribution in [3.05, 3.63) is 54.0 Å². The lowest BCUT2D eigenvalue weighted by atomic mass is 9.88. The molecule has 0 unspecified atom stereocenters. The molecule has 2 aliphatic rings. The molecule has 27 heavy (non-hydrogen) atoms. The molecule has 0 bridgehead atoms. The smallest absolute Gasteiger partial charge is 0.145 e. The minimum Gasteiger partial charge on any atom is -0.393 e. The van der Waals surface area contributed by atoms with Crippen molar-refractivity contribution in [1.29, 1.82) is 0 Å². The third-order valence-corrected chi connectivity index (χ3v) is 6.40. The molecule has 0 spiro atoms. The first-order valence-corrected chi connectivity index (χ1v) is 10.0. The summed E-state index contributed by atoms with van der Waals surface area (Å²) in [6.45, 7) is 2.12. The molecule has 0 saturated heterocycles. The Labute approximate surface area is 159 Å². The molecule has 5 heteroatoms. The van der Waals surface area contributed by atoms with Gasteiger partial charge in [0, 0.05) is 12.2 Å². The summed E-state index contributed by atoms with van der Waals surface area (Å²) < 4.78 is 2.23. The number of aryl methyl sites for hydroxylation is 1. The van der Waals surface area contributed by atoms with Crippen LogP contribution in [-0.2, 0) is 6.42 Å². The lowest BCUT2D eigenvalue weighted by Crippen LogP contribution is -2.18. The Bertz CT molecular complexity index is 956. The van der Waals surface area contributed by atoms with E-state index in [2.05, 4.69) is 63.3 Å². The maximum atomic E-state index is 10.1. The second-order valence-electron chi connectivity index (χ2n) is 8.14. The van der Waals surface area contributed by atoms with Crippen molar-refractivity contribution in [2.45, 2.75) is 57.2 Å². The first kappa shape index (κ1) is 16.8. The SMILES string of the molecule is C[C@H]1C[C@@H](n2ccc3c(N[C@H]4CCCc5ccccc54)ncnc32)C[C@@H]1O. The maximum Gasteiger partial charge on any atom is 0.145 e. The standard InChI is InChI=1S/C22H26N4O/c1-14-11-16(12-20(14)27)26-10-9-18-21(23-13-24-22(18)26)25-19-8-4-6-15-5-2-3-7-17(15)19/h2-3,5,7,9-10,13-14,16,19-20,27H,4,6,8,11-12H2,1H3,(H,23,24,25)/t14-,16+,19-,20-/m0/s1. The van der Waals surface area contributed by atoms with Gasteiger partial charge in [-0.3, -0.25) is 0 Å². The Hall–Kier alpha value is -2.40. The van der Waals surface area contributed by atoms with Crippen LogP contribution in [0, 0.1) is 5.92 Å². The Balaban J connectivity index is 1.47. The fourth-order valence-electron chi connectivity index (χ4n) is 4.87. The molecule has 1 aromatic carbocycles. The lowest BCUT2D eigenvalue weighted by Gasteiger charge is -2.27. The number of hydrogen-bond acceptors (Lipinski definition) is 4. The van der Waals surface area contributed by atoms with E-state index in [4.69, 9.17) is 0 Å². The molecule has 0 radical (unpaired) electrons. The zero-order valence-corrected chi connectivity index (χ0v) is 15.7. The molecule has 3 aromatic rings. The number of aliphatic hydroxyl groups is 1. The highest BCUT2D eigenvalue weighted by Gasteiger charge is 2.31. The van der Waals surface area contributed by atoms with Crippen LogP contribution >= 0.6 is 0 Å². The number of aromatic nitrogens is 3. The van der Waals surface area contributed by atoms with Crippen LogP contribution < -0.4 is 5.32 Å². The van der Waals surface area contributed by atoms with Crippen molar-refractivity contribution < 1.29 is 5.11 Å². The van der Waals surface area contributed by atoms with E-state index in [1.165, 1.54) is 17.5 Å². The summed E-state index contributed by atoms with van der Waals surface area (Å²) in [6, 6.07) is 11.4. The van der Waals surface area contributed by atoms with Gasteiger partial charge < -0.3 is 15.0 Å². The number of benzene rings is 1. The zero-order chi connectivity index (χ0) is 18.4. The first-order chi connectivity index (χ1) is 13.2. The van der Waals surface area contributed by atoms with Crippen LogP contribution in [0.25, 0.3) is 11.0 Å².